The van der Waals surface area contributed by atoms with E-state index >= 15 is 0 Å². The fourth-order valence-corrected chi connectivity index (χ4v) is 7.17. The Bertz CT molecular complexity index is 1480. The number of aromatic nitrogens is 2. The summed E-state index contributed by atoms with van der Waals surface area (Å²) < 4.78 is 27.2. The minimum Gasteiger partial charge on any atom is -0.298 e. The summed E-state index contributed by atoms with van der Waals surface area (Å²) in [6, 6.07) is 8.98. The molecule has 38 heavy (non-hydrogen) atoms. The smallest absolute Gasteiger partial charge is 0.280 e. The van der Waals surface area contributed by atoms with Crippen molar-refractivity contribution < 1.29 is 8.42 Å². The Balaban J connectivity index is 1.34. The third-order valence-corrected chi connectivity index (χ3v) is 10.5. The molecule has 1 saturated carbocycles. The molecule has 2 heterocycles. The van der Waals surface area contributed by atoms with E-state index in [4.69, 9.17) is 11.6 Å². The van der Waals surface area contributed by atoms with E-state index in [9.17, 15) is 13.2 Å². The van der Waals surface area contributed by atoms with Gasteiger partial charge in [0.2, 0.25) is 0 Å². The Morgan fingerprint density at radius 2 is 1.82 bits per heavy atom. The first kappa shape index (κ1) is 27.6. The van der Waals surface area contributed by atoms with Crippen LogP contribution in [0.2, 0.25) is 5.02 Å². The van der Waals surface area contributed by atoms with Gasteiger partial charge in [-0.3, -0.25) is 20.0 Å². The van der Waals surface area contributed by atoms with Crippen LogP contribution in [-0.4, -0.2) is 65.9 Å². The van der Waals surface area contributed by atoms with E-state index in [2.05, 4.69) is 36.1 Å². The normalized spacial score (nSPS) is 18.2. The van der Waals surface area contributed by atoms with Crippen molar-refractivity contribution in [2.24, 2.45) is 0 Å². The van der Waals surface area contributed by atoms with Crippen molar-refractivity contribution in [1.82, 2.24) is 19.5 Å². The lowest BCUT2D eigenvalue weighted by Crippen LogP contribution is -2.50. The van der Waals surface area contributed by atoms with Crippen molar-refractivity contribution in [3.05, 3.63) is 62.1 Å². The molecule has 1 saturated heterocycles. The standard InChI is InChI=1S/C27H33BrClN5O3S/c1-2-38(36,37)26-9-8-20(29)15-25(26)31-34-18-30-24-14-19(23(28)16-22(24)27(34)35)17-32-10-12-33(13-11-32)21-6-4-3-5-7-21/h8-9,14-16,18,21,31H,2-7,10-13,17H2,1H3. The molecule has 0 radical (unpaired) electrons. The molecule has 1 aliphatic heterocycles. The average molecular weight is 623 g/mol. The number of hydrogen-bond acceptors (Lipinski definition) is 7. The molecular formula is C27H33BrClN5O3S. The van der Waals surface area contributed by atoms with Gasteiger partial charge < -0.3 is 0 Å². The topological polar surface area (TPSA) is 87.5 Å². The number of nitrogens with one attached hydrogen (secondary N) is 1. The van der Waals surface area contributed by atoms with Crippen LogP contribution < -0.4 is 11.0 Å². The fourth-order valence-electron chi connectivity index (χ4n) is 5.51. The lowest BCUT2D eigenvalue weighted by atomic mass is 9.94. The van der Waals surface area contributed by atoms with Gasteiger partial charge >= 0.3 is 0 Å². The number of hydrogen-bond donors (Lipinski definition) is 1. The van der Waals surface area contributed by atoms with Crippen LogP contribution in [0.15, 0.2) is 50.8 Å². The minimum absolute atomic E-state index is 0.0699. The molecule has 1 aromatic heterocycles. The average Bonchev–Trinajstić information content (AvgIpc) is 2.92. The van der Waals surface area contributed by atoms with Crippen LogP contribution in [0.3, 0.4) is 0 Å². The second kappa shape index (κ2) is 11.6. The molecule has 1 aliphatic carbocycles. The van der Waals surface area contributed by atoms with E-state index < -0.39 is 9.84 Å². The summed E-state index contributed by atoms with van der Waals surface area (Å²) >= 11 is 9.80. The number of halogens is 2. The number of piperazine rings is 1. The number of anilines is 1. The van der Waals surface area contributed by atoms with Crippen molar-refractivity contribution in [2.75, 3.05) is 37.4 Å². The third kappa shape index (κ3) is 5.94. The third-order valence-electron chi connectivity index (χ3n) is 7.72. The van der Waals surface area contributed by atoms with Gasteiger partial charge in [0.05, 0.1) is 27.2 Å². The molecule has 0 spiro atoms. The Morgan fingerprint density at radius 1 is 1.08 bits per heavy atom. The van der Waals surface area contributed by atoms with Gasteiger partial charge in [-0.25, -0.2) is 18.1 Å². The zero-order valence-electron chi connectivity index (χ0n) is 21.5. The zero-order valence-corrected chi connectivity index (χ0v) is 24.7. The van der Waals surface area contributed by atoms with Crippen LogP contribution >= 0.6 is 27.5 Å². The first-order chi connectivity index (χ1) is 18.2. The number of nitrogens with zero attached hydrogens (tertiary/aromatic N) is 4. The highest BCUT2D eigenvalue weighted by Gasteiger charge is 2.25. The van der Waals surface area contributed by atoms with Crippen molar-refractivity contribution in [3.8, 4) is 0 Å². The van der Waals surface area contributed by atoms with Gasteiger partial charge in [-0.15, -0.1) is 0 Å². The van der Waals surface area contributed by atoms with Gasteiger partial charge in [0, 0.05) is 48.3 Å². The monoisotopic (exact) mass is 621 g/mol. The van der Waals surface area contributed by atoms with Crippen LogP contribution in [0.5, 0.6) is 0 Å². The van der Waals surface area contributed by atoms with Gasteiger partial charge in [0.1, 0.15) is 6.33 Å². The number of benzene rings is 2. The summed E-state index contributed by atoms with van der Waals surface area (Å²) in [5.41, 5.74) is 4.48. The molecule has 11 heteroatoms. The first-order valence-electron chi connectivity index (χ1n) is 13.2. The molecule has 0 amide bonds. The highest BCUT2D eigenvalue weighted by atomic mass is 79.9. The molecule has 5 rings (SSSR count). The second-order valence-electron chi connectivity index (χ2n) is 10.1. The highest BCUT2D eigenvalue weighted by molar-refractivity contribution is 9.10. The lowest BCUT2D eigenvalue weighted by molar-refractivity contribution is 0.0754. The summed E-state index contributed by atoms with van der Waals surface area (Å²) in [5.74, 6) is -0.0699. The van der Waals surface area contributed by atoms with E-state index in [1.165, 1.54) is 61.3 Å². The van der Waals surface area contributed by atoms with Crippen molar-refractivity contribution >= 4 is 54.0 Å². The van der Waals surface area contributed by atoms with Crippen molar-refractivity contribution in [1.29, 1.82) is 0 Å². The largest absolute Gasteiger partial charge is 0.298 e. The Kier molecular flexibility index (Phi) is 8.45. The molecule has 2 fully saturated rings. The summed E-state index contributed by atoms with van der Waals surface area (Å²) in [6.07, 6.45) is 8.15. The van der Waals surface area contributed by atoms with Crippen LogP contribution in [-0.2, 0) is 16.4 Å². The summed E-state index contributed by atoms with van der Waals surface area (Å²) in [7, 11) is -3.53. The van der Waals surface area contributed by atoms with Crippen LogP contribution in [0.4, 0.5) is 5.69 Å². The Labute approximate surface area is 237 Å². The molecular weight excluding hydrogens is 590 g/mol. The maximum atomic E-state index is 13.3. The molecule has 3 aromatic rings. The van der Waals surface area contributed by atoms with Crippen LogP contribution in [0.25, 0.3) is 10.9 Å². The predicted octanol–water partition coefficient (Wildman–Crippen LogP) is 4.93. The molecule has 1 N–H and O–H groups in total. The molecule has 2 aliphatic rings. The maximum Gasteiger partial charge on any atom is 0.280 e. The summed E-state index contributed by atoms with van der Waals surface area (Å²) in [4.78, 5) is 23.0. The quantitative estimate of drug-likeness (QED) is 0.400. The lowest BCUT2D eigenvalue weighted by Gasteiger charge is -2.40. The first-order valence-corrected chi connectivity index (χ1v) is 16.0. The Morgan fingerprint density at radius 3 is 2.53 bits per heavy atom. The number of rotatable bonds is 7. The minimum atomic E-state index is -3.53. The number of fused-ring (bicyclic) bond motifs is 1. The molecule has 0 bridgehead atoms. The van der Waals surface area contributed by atoms with Gasteiger partial charge in [-0.1, -0.05) is 53.7 Å². The van der Waals surface area contributed by atoms with Gasteiger partial charge in [-0.2, -0.15) is 0 Å². The van der Waals surface area contributed by atoms with Crippen molar-refractivity contribution in [3.63, 3.8) is 0 Å². The van der Waals surface area contributed by atoms with Crippen molar-refractivity contribution in [2.45, 2.75) is 56.5 Å². The SMILES string of the molecule is CCS(=O)(=O)c1ccc(Cl)cc1Nn1cnc2cc(CN3CCN(C4CCCCC4)CC3)c(Br)cc2c1=O. The van der Waals surface area contributed by atoms with Crippen LogP contribution in [0, 0.1) is 0 Å². The van der Waals surface area contributed by atoms with E-state index in [0.29, 0.717) is 15.9 Å². The number of sulfone groups is 1. The van der Waals surface area contributed by atoms with E-state index in [1.807, 2.05) is 6.07 Å². The predicted molar refractivity (Wildman–Crippen MR) is 156 cm³/mol. The summed E-state index contributed by atoms with van der Waals surface area (Å²) in [5, 5.41) is 0.788. The molecule has 0 unspecified atom stereocenters. The maximum absolute atomic E-state index is 13.3. The van der Waals surface area contributed by atoms with E-state index in [1.54, 1.807) is 13.0 Å². The van der Waals surface area contributed by atoms with E-state index in [0.717, 1.165) is 48.8 Å². The second-order valence-corrected chi connectivity index (χ2v) is 13.7. The molecule has 8 nitrogen and oxygen atoms in total. The molecule has 2 aromatic carbocycles. The highest BCUT2D eigenvalue weighted by Crippen LogP contribution is 2.28. The zero-order chi connectivity index (χ0) is 26.9. The molecule has 204 valence electrons. The van der Waals surface area contributed by atoms with E-state index in [-0.39, 0.29) is 21.9 Å². The Hall–Kier alpha value is -1.98. The van der Waals surface area contributed by atoms with Crippen LogP contribution in [0.1, 0.15) is 44.6 Å². The summed E-state index contributed by atoms with van der Waals surface area (Å²) in [6.45, 7) is 6.63. The fraction of sp³-hybridized carbons (Fsp3) is 0.481. The van der Waals surface area contributed by atoms with Gasteiger partial charge in [0.15, 0.2) is 9.84 Å². The van der Waals surface area contributed by atoms with Gasteiger partial charge in [0.25, 0.3) is 5.56 Å². The molecule has 0 atom stereocenters. The van der Waals surface area contributed by atoms with Gasteiger partial charge in [-0.05, 0) is 48.7 Å².